The first-order chi connectivity index (χ1) is 10.3. The molecule has 1 aromatic heterocycles. The number of hydrogen-bond acceptors (Lipinski definition) is 5. The Kier molecular flexibility index (Phi) is 6.30. The number of likely N-dealkylation sites (N-methyl/N-ethyl adjacent to an activating group) is 1. The Labute approximate surface area is 129 Å². The van der Waals surface area contributed by atoms with Gasteiger partial charge in [0.15, 0.2) is 5.78 Å². The lowest BCUT2D eigenvalue weighted by Crippen LogP contribution is -2.40. The minimum atomic E-state index is -0.552. The van der Waals surface area contributed by atoms with Gasteiger partial charge in [-0.1, -0.05) is 0 Å². The molecule has 0 fully saturated rings. The number of carbonyl (C=O) groups excluding carboxylic acids is 3. The lowest BCUT2D eigenvalue weighted by Gasteiger charge is -2.12. The van der Waals surface area contributed by atoms with E-state index in [1.807, 2.05) is 0 Å². The smallest absolute Gasteiger partial charge is 0.340 e. The molecule has 0 aliphatic heterocycles. The van der Waals surface area contributed by atoms with Crippen molar-refractivity contribution in [3.8, 4) is 0 Å². The molecule has 0 unspecified atom stereocenters. The highest BCUT2D eigenvalue weighted by Crippen LogP contribution is 2.20. The average molecular weight is 309 g/mol. The maximum atomic E-state index is 12.4. The van der Waals surface area contributed by atoms with Gasteiger partial charge >= 0.3 is 5.97 Å². The Hall–Kier alpha value is -2.15. The van der Waals surface area contributed by atoms with Gasteiger partial charge in [-0.05, 0) is 33.3 Å². The number of aromatic amines is 1. The second-order valence-corrected chi connectivity index (χ2v) is 4.99. The van der Waals surface area contributed by atoms with Crippen molar-refractivity contribution in [3.63, 3.8) is 0 Å². The molecule has 1 rings (SSSR count). The number of esters is 1. The molecule has 0 spiro atoms. The van der Waals surface area contributed by atoms with E-state index >= 15 is 0 Å². The SMILES string of the molecule is CCOC(=O)c1c(C)[nH]c(C(=O)[C@H](C)NCC(=O)NC)c1C. The number of Topliss-reactive ketones (excluding diaryl/α,β-unsaturated/α-hetero) is 1. The third kappa shape index (κ3) is 3.94. The topological polar surface area (TPSA) is 100 Å². The van der Waals surface area contributed by atoms with E-state index in [4.69, 9.17) is 4.74 Å². The Morgan fingerprint density at radius 2 is 1.91 bits per heavy atom. The molecule has 0 radical (unpaired) electrons. The minimum Gasteiger partial charge on any atom is -0.462 e. The first kappa shape index (κ1) is 17.9. The zero-order valence-electron chi connectivity index (χ0n) is 13.6. The molecule has 1 heterocycles. The molecule has 1 atom stereocenters. The van der Waals surface area contributed by atoms with E-state index < -0.39 is 12.0 Å². The Morgan fingerprint density at radius 1 is 1.27 bits per heavy atom. The van der Waals surface area contributed by atoms with Gasteiger partial charge in [-0.3, -0.25) is 14.9 Å². The van der Waals surface area contributed by atoms with Gasteiger partial charge in [0.05, 0.1) is 30.5 Å². The summed E-state index contributed by atoms with van der Waals surface area (Å²) < 4.78 is 5.00. The Bertz CT molecular complexity index is 578. The van der Waals surface area contributed by atoms with Gasteiger partial charge in [-0.2, -0.15) is 0 Å². The molecule has 7 nitrogen and oxygen atoms in total. The van der Waals surface area contributed by atoms with Crippen LogP contribution < -0.4 is 10.6 Å². The fraction of sp³-hybridized carbons (Fsp3) is 0.533. The molecule has 0 aliphatic carbocycles. The summed E-state index contributed by atoms with van der Waals surface area (Å²) in [6, 6.07) is -0.552. The van der Waals surface area contributed by atoms with Crippen molar-refractivity contribution in [1.29, 1.82) is 0 Å². The van der Waals surface area contributed by atoms with Crippen LogP contribution in [0.4, 0.5) is 0 Å². The molecule has 0 saturated carbocycles. The van der Waals surface area contributed by atoms with Gasteiger partial charge in [-0.15, -0.1) is 0 Å². The first-order valence-electron chi connectivity index (χ1n) is 7.17. The fourth-order valence-corrected chi connectivity index (χ4v) is 2.15. The Balaban J connectivity index is 2.93. The van der Waals surface area contributed by atoms with Gasteiger partial charge < -0.3 is 15.0 Å². The third-order valence-electron chi connectivity index (χ3n) is 3.40. The van der Waals surface area contributed by atoms with Crippen LogP contribution in [0.1, 0.15) is 46.0 Å². The highest BCUT2D eigenvalue weighted by atomic mass is 16.5. The maximum absolute atomic E-state index is 12.4. The number of ether oxygens (including phenoxy) is 1. The van der Waals surface area contributed by atoms with Crippen LogP contribution in [0.15, 0.2) is 0 Å². The lowest BCUT2D eigenvalue weighted by atomic mass is 10.0. The number of H-pyrrole nitrogens is 1. The van der Waals surface area contributed by atoms with E-state index in [1.54, 1.807) is 27.7 Å². The van der Waals surface area contributed by atoms with Crippen molar-refractivity contribution in [2.24, 2.45) is 0 Å². The van der Waals surface area contributed by atoms with Crippen molar-refractivity contribution in [1.82, 2.24) is 15.6 Å². The lowest BCUT2D eigenvalue weighted by molar-refractivity contribution is -0.119. The summed E-state index contributed by atoms with van der Waals surface area (Å²) in [5.41, 5.74) is 1.91. The second-order valence-electron chi connectivity index (χ2n) is 4.99. The summed E-state index contributed by atoms with van der Waals surface area (Å²) in [7, 11) is 1.53. The highest BCUT2D eigenvalue weighted by Gasteiger charge is 2.25. The normalized spacial score (nSPS) is 11.9. The summed E-state index contributed by atoms with van der Waals surface area (Å²) >= 11 is 0. The number of ketones is 1. The molecule has 0 saturated heterocycles. The fourth-order valence-electron chi connectivity index (χ4n) is 2.15. The number of nitrogens with one attached hydrogen (secondary N) is 3. The maximum Gasteiger partial charge on any atom is 0.340 e. The van der Waals surface area contributed by atoms with Crippen LogP contribution in [-0.4, -0.2) is 48.9 Å². The first-order valence-corrected chi connectivity index (χ1v) is 7.17. The molecule has 1 aromatic rings. The Morgan fingerprint density at radius 3 is 2.45 bits per heavy atom. The van der Waals surface area contributed by atoms with Crippen LogP contribution in [0, 0.1) is 13.8 Å². The number of amides is 1. The van der Waals surface area contributed by atoms with Crippen LogP contribution in [0.2, 0.25) is 0 Å². The summed E-state index contributed by atoms with van der Waals surface area (Å²) in [6.07, 6.45) is 0. The zero-order chi connectivity index (χ0) is 16.9. The molecule has 0 aromatic carbocycles. The van der Waals surface area contributed by atoms with Crippen LogP contribution in [-0.2, 0) is 9.53 Å². The standard InChI is InChI=1S/C15H23N3O4/c1-6-22-15(21)12-8(2)13(18-9(12)3)14(20)10(4)17-7-11(19)16-5/h10,17-18H,6-7H2,1-5H3,(H,16,19)/t10-/m0/s1. The molecular formula is C15H23N3O4. The van der Waals surface area contributed by atoms with Crippen LogP contribution >= 0.6 is 0 Å². The molecular weight excluding hydrogens is 286 g/mol. The summed E-state index contributed by atoms with van der Waals surface area (Å²) in [4.78, 5) is 38.5. The summed E-state index contributed by atoms with van der Waals surface area (Å²) in [5.74, 6) is -0.856. The van der Waals surface area contributed by atoms with Gasteiger partial charge in [-0.25, -0.2) is 4.79 Å². The van der Waals surface area contributed by atoms with Crippen molar-refractivity contribution < 1.29 is 19.1 Å². The molecule has 22 heavy (non-hydrogen) atoms. The van der Waals surface area contributed by atoms with E-state index in [0.29, 0.717) is 22.5 Å². The van der Waals surface area contributed by atoms with E-state index in [9.17, 15) is 14.4 Å². The molecule has 3 N–H and O–H groups in total. The van der Waals surface area contributed by atoms with E-state index in [0.717, 1.165) is 0 Å². The van der Waals surface area contributed by atoms with Gasteiger partial charge in [0.1, 0.15) is 0 Å². The van der Waals surface area contributed by atoms with Crippen LogP contribution in [0.3, 0.4) is 0 Å². The number of hydrogen-bond donors (Lipinski definition) is 3. The summed E-state index contributed by atoms with van der Waals surface area (Å²) in [5, 5.41) is 5.31. The number of aryl methyl sites for hydroxylation is 1. The van der Waals surface area contributed by atoms with E-state index in [1.165, 1.54) is 7.05 Å². The number of aromatic nitrogens is 1. The molecule has 0 bridgehead atoms. The van der Waals surface area contributed by atoms with Crippen molar-refractivity contribution in [3.05, 3.63) is 22.5 Å². The number of rotatable bonds is 7. The van der Waals surface area contributed by atoms with E-state index in [2.05, 4.69) is 15.6 Å². The monoisotopic (exact) mass is 309 g/mol. The molecule has 1 amide bonds. The predicted octanol–water partition coefficient (Wildman–Crippen LogP) is 0.715. The second kappa shape index (κ2) is 7.74. The third-order valence-corrected chi connectivity index (χ3v) is 3.40. The van der Waals surface area contributed by atoms with Gasteiger partial charge in [0, 0.05) is 12.7 Å². The zero-order valence-corrected chi connectivity index (χ0v) is 13.6. The predicted molar refractivity (Wildman–Crippen MR) is 82.1 cm³/mol. The quantitative estimate of drug-likeness (QED) is 0.509. The average Bonchev–Trinajstić information content (AvgIpc) is 2.78. The molecule has 122 valence electrons. The largest absolute Gasteiger partial charge is 0.462 e. The van der Waals surface area contributed by atoms with Crippen molar-refractivity contribution in [2.45, 2.75) is 33.7 Å². The summed E-state index contributed by atoms with van der Waals surface area (Å²) in [6.45, 7) is 7.15. The molecule has 7 heteroatoms. The molecule has 0 aliphatic rings. The van der Waals surface area contributed by atoms with Crippen molar-refractivity contribution >= 4 is 17.7 Å². The van der Waals surface area contributed by atoms with E-state index in [-0.39, 0.29) is 24.8 Å². The minimum absolute atomic E-state index is 0.0485. The van der Waals surface area contributed by atoms with Crippen LogP contribution in [0.5, 0.6) is 0 Å². The van der Waals surface area contributed by atoms with Crippen molar-refractivity contribution in [2.75, 3.05) is 20.2 Å². The van der Waals surface area contributed by atoms with Gasteiger partial charge in [0.2, 0.25) is 5.91 Å². The van der Waals surface area contributed by atoms with Gasteiger partial charge in [0.25, 0.3) is 0 Å². The number of carbonyl (C=O) groups is 3. The van der Waals surface area contributed by atoms with Crippen LogP contribution in [0.25, 0.3) is 0 Å². The highest BCUT2D eigenvalue weighted by molar-refractivity contribution is 6.03.